The Kier molecular flexibility index (Phi) is 4.36. The number of nitrogens with zero attached hydrogens (tertiary/aromatic N) is 3. The number of aryl methyl sites for hydroxylation is 2. The molecule has 0 aliphatic carbocycles. The van der Waals surface area contributed by atoms with Crippen LogP contribution in [-0.2, 0) is 5.75 Å². The molecule has 0 atom stereocenters. The van der Waals surface area contributed by atoms with Gasteiger partial charge in [0.1, 0.15) is 0 Å². The lowest BCUT2D eigenvalue weighted by atomic mass is 10.1. The van der Waals surface area contributed by atoms with Gasteiger partial charge in [0.25, 0.3) is 0 Å². The van der Waals surface area contributed by atoms with E-state index in [4.69, 9.17) is 23.2 Å². The number of halogens is 2. The van der Waals surface area contributed by atoms with Crippen LogP contribution in [0.1, 0.15) is 16.7 Å². The van der Waals surface area contributed by atoms with Gasteiger partial charge in [-0.25, -0.2) is 0 Å². The number of rotatable bonds is 3. The first-order valence-electron chi connectivity index (χ1n) is 7.85. The first-order chi connectivity index (χ1) is 12.0. The summed E-state index contributed by atoms with van der Waals surface area (Å²) in [6, 6.07) is 14.1. The molecule has 0 N–H and O–H groups in total. The minimum absolute atomic E-state index is 0.570. The summed E-state index contributed by atoms with van der Waals surface area (Å²) in [7, 11) is 0. The van der Waals surface area contributed by atoms with Crippen LogP contribution in [0, 0.1) is 13.8 Å². The van der Waals surface area contributed by atoms with Crippen LogP contribution >= 0.6 is 35.0 Å². The number of benzene rings is 2. The SMILES string of the molecule is Cc1cc2nnc(SCc3ccc(Cl)c(Cl)c3)n2c2c(C)cccc12. The van der Waals surface area contributed by atoms with Gasteiger partial charge in [-0.1, -0.05) is 59.2 Å². The molecule has 0 aliphatic heterocycles. The van der Waals surface area contributed by atoms with E-state index in [9.17, 15) is 0 Å². The van der Waals surface area contributed by atoms with Gasteiger partial charge in [-0.2, -0.15) is 0 Å². The van der Waals surface area contributed by atoms with Gasteiger partial charge in [0, 0.05) is 11.1 Å². The Morgan fingerprint density at radius 1 is 0.960 bits per heavy atom. The van der Waals surface area contributed by atoms with Crippen molar-refractivity contribution in [2.75, 3.05) is 0 Å². The van der Waals surface area contributed by atoms with Crippen molar-refractivity contribution in [2.24, 2.45) is 0 Å². The zero-order chi connectivity index (χ0) is 17.6. The van der Waals surface area contributed by atoms with Gasteiger partial charge in [0.15, 0.2) is 10.8 Å². The number of pyridine rings is 1. The highest BCUT2D eigenvalue weighted by molar-refractivity contribution is 7.98. The second-order valence-electron chi connectivity index (χ2n) is 6.01. The minimum Gasteiger partial charge on any atom is -0.270 e. The summed E-state index contributed by atoms with van der Waals surface area (Å²) < 4.78 is 2.14. The standard InChI is InChI=1S/C19H15Cl2N3S/c1-11-4-3-5-14-12(2)8-17-22-23-19(24(17)18(11)14)25-10-13-6-7-15(20)16(21)9-13/h3-9H,10H2,1-2H3. The van der Waals surface area contributed by atoms with E-state index in [-0.39, 0.29) is 0 Å². The lowest BCUT2D eigenvalue weighted by Gasteiger charge is -2.10. The Labute approximate surface area is 160 Å². The molecule has 0 aliphatic rings. The van der Waals surface area contributed by atoms with Crippen LogP contribution < -0.4 is 0 Å². The Morgan fingerprint density at radius 3 is 2.60 bits per heavy atom. The summed E-state index contributed by atoms with van der Waals surface area (Å²) in [5, 5.41) is 12.0. The van der Waals surface area contributed by atoms with Crippen molar-refractivity contribution in [3.05, 3.63) is 69.2 Å². The highest BCUT2D eigenvalue weighted by atomic mass is 35.5. The van der Waals surface area contributed by atoms with E-state index in [0.29, 0.717) is 10.0 Å². The predicted molar refractivity (Wildman–Crippen MR) is 106 cm³/mol. The second-order valence-corrected chi connectivity index (χ2v) is 7.77. The zero-order valence-electron chi connectivity index (χ0n) is 13.8. The largest absolute Gasteiger partial charge is 0.270 e. The molecule has 2 aromatic heterocycles. The Hall–Kier alpha value is -1.75. The minimum atomic E-state index is 0.570. The van der Waals surface area contributed by atoms with E-state index in [2.05, 4.69) is 52.7 Å². The van der Waals surface area contributed by atoms with Crippen molar-refractivity contribution in [1.82, 2.24) is 14.6 Å². The molecule has 3 nitrogen and oxygen atoms in total. The third-order valence-electron chi connectivity index (χ3n) is 4.24. The van der Waals surface area contributed by atoms with Gasteiger partial charge in [-0.15, -0.1) is 10.2 Å². The number of para-hydroxylation sites is 1. The van der Waals surface area contributed by atoms with E-state index >= 15 is 0 Å². The molecule has 2 heterocycles. The Balaban J connectivity index is 1.79. The fraction of sp³-hybridized carbons (Fsp3) is 0.158. The zero-order valence-corrected chi connectivity index (χ0v) is 16.1. The van der Waals surface area contributed by atoms with Crippen molar-refractivity contribution in [1.29, 1.82) is 0 Å². The topological polar surface area (TPSA) is 30.2 Å². The lowest BCUT2D eigenvalue weighted by Crippen LogP contribution is -1.95. The van der Waals surface area contributed by atoms with Crippen LogP contribution in [0.25, 0.3) is 16.6 Å². The van der Waals surface area contributed by atoms with Gasteiger partial charge >= 0.3 is 0 Å². The number of aromatic nitrogens is 3. The summed E-state index contributed by atoms with van der Waals surface area (Å²) >= 11 is 13.7. The van der Waals surface area contributed by atoms with E-state index in [1.807, 2.05) is 18.2 Å². The molecule has 4 rings (SSSR count). The molecule has 0 bridgehead atoms. The van der Waals surface area contributed by atoms with E-state index < -0.39 is 0 Å². The molecule has 0 radical (unpaired) electrons. The van der Waals surface area contributed by atoms with Crippen molar-refractivity contribution >= 4 is 51.5 Å². The van der Waals surface area contributed by atoms with Crippen LogP contribution in [0.15, 0.2) is 47.6 Å². The van der Waals surface area contributed by atoms with Crippen molar-refractivity contribution in [2.45, 2.75) is 24.8 Å². The second kappa shape index (κ2) is 6.52. The predicted octanol–water partition coefficient (Wildman–Crippen LogP) is 6.10. The van der Waals surface area contributed by atoms with Gasteiger partial charge in [0.2, 0.25) is 0 Å². The molecule has 0 fully saturated rings. The van der Waals surface area contributed by atoms with Gasteiger partial charge in [0.05, 0.1) is 15.6 Å². The highest BCUT2D eigenvalue weighted by Gasteiger charge is 2.13. The molecule has 0 spiro atoms. The van der Waals surface area contributed by atoms with Crippen LogP contribution in [0.4, 0.5) is 0 Å². The molecular formula is C19H15Cl2N3S. The number of hydrogen-bond donors (Lipinski definition) is 0. The fourth-order valence-electron chi connectivity index (χ4n) is 3.00. The normalized spacial score (nSPS) is 11.5. The van der Waals surface area contributed by atoms with Crippen molar-refractivity contribution < 1.29 is 0 Å². The summed E-state index contributed by atoms with van der Waals surface area (Å²) in [5.74, 6) is 0.749. The average molecular weight is 388 g/mol. The highest BCUT2D eigenvalue weighted by Crippen LogP contribution is 2.30. The van der Waals surface area contributed by atoms with Gasteiger partial charge in [-0.05, 0) is 48.7 Å². The van der Waals surface area contributed by atoms with Crippen LogP contribution in [0.2, 0.25) is 10.0 Å². The molecular weight excluding hydrogens is 373 g/mol. The average Bonchev–Trinajstić information content (AvgIpc) is 2.99. The first kappa shape index (κ1) is 16.7. The summed E-state index contributed by atoms with van der Waals surface area (Å²) in [5.41, 5.74) is 5.56. The molecule has 0 saturated carbocycles. The summed E-state index contributed by atoms with van der Waals surface area (Å²) in [6.07, 6.45) is 0. The number of thioether (sulfide) groups is 1. The molecule has 25 heavy (non-hydrogen) atoms. The maximum absolute atomic E-state index is 6.11. The Bertz CT molecular complexity index is 1100. The number of hydrogen-bond acceptors (Lipinski definition) is 3. The van der Waals surface area contributed by atoms with Crippen LogP contribution in [0.3, 0.4) is 0 Å². The smallest absolute Gasteiger partial charge is 0.196 e. The maximum Gasteiger partial charge on any atom is 0.196 e. The Morgan fingerprint density at radius 2 is 1.80 bits per heavy atom. The quantitative estimate of drug-likeness (QED) is 0.397. The molecule has 0 amide bonds. The molecule has 0 unspecified atom stereocenters. The van der Waals surface area contributed by atoms with Gasteiger partial charge < -0.3 is 0 Å². The maximum atomic E-state index is 6.11. The molecule has 6 heteroatoms. The third-order valence-corrected chi connectivity index (χ3v) is 5.98. The van der Waals surface area contributed by atoms with Crippen molar-refractivity contribution in [3.63, 3.8) is 0 Å². The van der Waals surface area contributed by atoms with Crippen LogP contribution in [-0.4, -0.2) is 14.6 Å². The van der Waals surface area contributed by atoms with Crippen molar-refractivity contribution in [3.8, 4) is 0 Å². The van der Waals surface area contributed by atoms with Gasteiger partial charge in [-0.3, -0.25) is 4.40 Å². The van der Waals surface area contributed by atoms with E-state index in [0.717, 1.165) is 22.1 Å². The molecule has 126 valence electrons. The molecule has 4 aromatic rings. The monoisotopic (exact) mass is 387 g/mol. The third kappa shape index (κ3) is 2.99. The number of fused-ring (bicyclic) bond motifs is 3. The molecule has 2 aromatic carbocycles. The van der Waals surface area contributed by atoms with E-state index in [1.54, 1.807) is 11.8 Å². The lowest BCUT2D eigenvalue weighted by molar-refractivity contribution is 0.938. The van der Waals surface area contributed by atoms with Crippen LogP contribution in [0.5, 0.6) is 0 Å². The summed E-state index contributed by atoms with van der Waals surface area (Å²) in [4.78, 5) is 0. The van der Waals surface area contributed by atoms with E-state index in [1.165, 1.54) is 22.0 Å². The fourth-order valence-corrected chi connectivity index (χ4v) is 4.21. The summed E-state index contributed by atoms with van der Waals surface area (Å²) in [6.45, 7) is 4.23. The first-order valence-corrected chi connectivity index (χ1v) is 9.59. The molecule has 0 saturated heterocycles.